The Labute approximate surface area is 831 Å². The van der Waals surface area contributed by atoms with Gasteiger partial charge in [0, 0.05) is 70.0 Å². The molecule has 0 aliphatic heterocycles. The van der Waals surface area contributed by atoms with Crippen LogP contribution in [0.3, 0.4) is 0 Å². The molecule has 0 atom stereocenters. The van der Waals surface area contributed by atoms with Crippen LogP contribution in [0.1, 0.15) is 31.9 Å². The Balaban J connectivity index is 0.000000145. The Kier molecular flexibility index (Phi) is 31.5. The number of fused-ring (bicyclic) bond motifs is 6. The van der Waals surface area contributed by atoms with Crippen LogP contribution in [-0.4, -0.2) is 71.8 Å². The van der Waals surface area contributed by atoms with Crippen LogP contribution in [-0.2, 0) is 64.4 Å². The number of halogens is 13. The summed E-state index contributed by atoms with van der Waals surface area (Å²) in [5, 5.41) is 0.139. The minimum Gasteiger partial charge on any atom is -0.497 e. The summed E-state index contributed by atoms with van der Waals surface area (Å²) in [7, 11) is -20.8. The predicted octanol–water partition coefficient (Wildman–Crippen LogP) is 21.1. The Morgan fingerprint density at radius 3 is 0.792 bits per heavy atom. The van der Waals surface area contributed by atoms with Crippen molar-refractivity contribution in [3.05, 3.63) is 400 Å². The van der Waals surface area contributed by atoms with Crippen LogP contribution in [0.25, 0.3) is 65.8 Å². The lowest BCUT2D eigenvalue weighted by Gasteiger charge is -2.19. The second kappa shape index (κ2) is 42.3. The van der Waals surface area contributed by atoms with Crippen molar-refractivity contribution in [1.29, 1.82) is 0 Å². The molecule has 0 N–H and O–H groups in total. The molecule has 12 aromatic carbocycles. The maximum Gasteiger partial charge on any atom is 0.355 e. The van der Waals surface area contributed by atoms with E-state index in [1.165, 1.54) is 113 Å². The first-order chi connectivity index (χ1) is 67.6. The van der Waals surface area contributed by atoms with Gasteiger partial charge in [-0.1, -0.05) is 98.9 Å². The van der Waals surface area contributed by atoms with Gasteiger partial charge in [0.05, 0.1) is 50.7 Å². The van der Waals surface area contributed by atoms with Crippen LogP contribution >= 0.6 is 47.8 Å². The highest BCUT2D eigenvalue weighted by molar-refractivity contribution is 9.11. The highest BCUT2D eigenvalue weighted by Gasteiger charge is 2.33. The van der Waals surface area contributed by atoms with Gasteiger partial charge in [0.25, 0.3) is 0 Å². The quantitative estimate of drug-likeness (QED) is 0.0522. The van der Waals surface area contributed by atoms with Crippen molar-refractivity contribution in [2.24, 2.45) is 0 Å². The van der Waals surface area contributed by atoms with Crippen molar-refractivity contribution in [2.75, 3.05) is 21.3 Å². The van der Waals surface area contributed by atoms with Crippen LogP contribution in [0.5, 0.6) is 17.2 Å². The van der Waals surface area contributed by atoms with Gasteiger partial charge in [0.1, 0.15) is 40.7 Å². The monoisotopic (exact) mass is 2290 g/mol. The normalized spacial score (nSPS) is 11.8. The maximum absolute atomic E-state index is 13.7. The number of methoxy groups -OCH3 is 3. The number of hydrogen-bond acceptors (Lipinski definition) is 27. The second-order valence-corrected chi connectivity index (χ2v) is 45.5. The van der Waals surface area contributed by atoms with Gasteiger partial charge in [-0.3, -0.25) is 0 Å². The number of rotatable bonds is 15. The Morgan fingerprint density at radius 1 is 0.250 bits per heavy atom. The SMILES string of the molecule is CC(C)(C)c1ccc(S(=O)(=O)c2cc3cc(F)cc(F)c3oc2=O)cc1.COc1cc(Br)cc2cc(S(=O)(=O)c3ccc(F)cc3)c(=O)oc12.COc1cc(Br)cc2cc(S(=O)(=O)c3ccccc3)c(=O)oc12.COc1ccc(S(=O)(=O)c2cc3cc(F)cc(F)c3oc2=O)cc1.Cc1cc(S(=O)(=O)c2cc3cc(F)cc(F)c3oc2=O)ccc1F.O=c1oc2c(F)cc(F)cc2cc1S(=O)(=O)c1ccc(Br)cc1. The number of benzene rings is 12. The molecule has 0 fully saturated rings. The first-order valence-corrected chi connectivity index (χ1v) is 51.8. The third-order valence-electron chi connectivity index (χ3n) is 20.7. The highest BCUT2D eigenvalue weighted by atomic mass is 79.9. The zero-order valence-corrected chi connectivity index (χ0v) is 83.8. The van der Waals surface area contributed by atoms with E-state index in [1.54, 1.807) is 54.6 Å². The fourth-order valence-electron chi connectivity index (χ4n) is 13.5. The summed E-state index contributed by atoms with van der Waals surface area (Å²) in [6, 6.07) is 50.3. The van der Waals surface area contributed by atoms with Crippen molar-refractivity contribution in [3.63, 3.8) is 0 Å². The highest BCUT2D eigenvalue weighted by Crippen LogP contribution is 2.37. The lowest BCUT2D eigenvalue weighted by Crippen LogP contribution is -2.15. The van der Waals surface area contributed by atoms with E-state index in [4.69, 9.17) is 36.3 Å². The minimum absolute atomic E-state index is 0.0358. The molecule has 0 saturated carbocycles. The van der Waals surface area contributed by atoms with Gasteiger partial charge in [-0.25, -0.2) is 123 Å². The molecule has 0 radical (unpaired) electrons. The average Bonchev–Trinajstić information content (AvgIpc) is 0.775. The van der Waals surface area contributed by atoms with E-state index in [0.29, 0.717) is 65.7 Å². The zero-order chi connectivity index (χ0) is 105. The fourth-order valence-corrected chi connectivity index (χ4v) is 22.6. The van der Waals surface area contributed by atoms with Crippen molar-refractivity contribution in [2.45, 2.75) is 91.9 Å². The first-order valence-electron chi connectivity index (χ1n) is 40.5. The molecule has 18 aromatic rings. The third kappa shape index (κ3) is 23.0. The van der Waals surface area contributed by atoms with Crippen LogP contribution in [0.4, 0.5) is 43.9 Å². The number of aryl methyl sites for hydroxylation is 1. The largest absolute Gasteiger partial charge is 0.497 e. The van der Waals surface area contributed by atoms with Crippen molar-refractivity contribution in [3.8, 4) is 17.2 Å². The molecule has 18 rings (SSSR count). The summed E-state index contributed by atoms with van der Waals surface area (Å²) >= 11 is 9.77. The number of ether oxygens (including phenoxy) is 3. The van der Waals surface area contributed by atoms with Gasteiger partial charge in [0.2, 0.25) is 59.0 Å². The molecule has 0 saturated heterocycles. The van der Waals surface area contributed by atoms with Crippen LogP contribution < -0.4 is 48.0 Å². The summed E-state index contributed by atoms with van der Waals surface area (Å²) in [5.74, 6) is -8.15. The molecule has 144 heavy (non-hydrogen) atoms. The van der Waals surface area contributed by atoms with Crippen molar-refractivity contribution >= 4 is 173 Å². The molecule has 0 aliphatic rings. The van der Waals surface area contributed by atoms with Gasteiger partial charge in [-0.15, -0.1) is 0 Å². The molecule has 6 heterocycles. The molecule has 27 nitrogen and oxygen atoms in total. The van der Waals surface area contributed by atoms with Gasteiger partial charge >= 0.3 is 33.8 Å². The topological polar surface area (TPSA) is 414 Å². The van der Waals surface area contributed by atoms with E-state index in [1.807, 2.05) is 20.8 Å². The standard InChI is InChI=1S/C19H16F2O4S.C16H10BrFO5S.C16H11BrO5S.C16H9F3O4S.C16H10F2O5S.C15H7BrF2O4S/c1-19(2,3)12-4-6-14(7-5-12)26(23,24)16-9-11-8-13(20)10-15(21)17(11)25-18(16)22;1-22-13-8-10(17)6-9-7-14(16(19)23-15(9)13)24(20,21)12-4-2-11(18)3-5-12;1-21-13-9-11(17)7-10-8-14(16(18)22-15(10)13)23(19,20)12-5-3-2-4-6-12;1-8-4-11(2-3-12(8)18)24(21,22)14-6-9-5-10(17)7-13(19)15(9)23-16(14)20;1-22-11-2-4-12(5-3-11)24(20,21)14-7-9-6-10(17)8-13(18)15(9)23-16(14)19;16-9-1-3-11(4-2-9)23(20,21)13-6-8-5-10(17)7-12(18)14(8)22-15(13)19/h4-10H,1-3H3;2-8H,1H3;2-9H,1H3;2-7H,1H3;2-8H,1H3;1-7H. The molecule has 46 heteroatoms. The van der Waals surface area contributed by atoms with Gasteiger partial charge in [0.15, 0.2) is 97.6 Å². The number of hydrogen-bond donors (Lipinski definition) is 0. The molecular formula is C98H63Br3F10O27S6. The lowest BCUT2D eigenvalue weighted by atomic mass is 9.87. The summed E-state index contributed by atoms with van der Waals surface area (Å²) in [4.78, 5) is 67.7. The summed E-state index contributed by atoms with van der Waals surface area (Å²) < 4.78 is 332. The smallest absolute Gasteiger partial charge is 0.355 e. The van der Waals surface area contributed by atoms with Gasteiger partial charge in [-0.2, -0.15) is 0 Å². The van der Waals surface area contributed by atoms with E-state index in [-0.39, 0.29) is 73.1 Å². The van der Waals surface area contributed by atoms with E-state index >= 15 is 0 Å². The molecule has 0 unspecified atom stereocenters. The van der Waals surface area contributed by atoms with Crippen LogP contribution in [0, 0.1) is 65.1 Å². The summed E-state index contributed by atoms with van der Waals surface area (Å²) in [6.45, 7) is 7.31. The Bertz CT molecular complexity index is 9370. The molecule has 0 spiro atoms. The average molecular weight is 2290 g/mol. The molecule has 6 aromatic heterocycles. The lowest BCUT2D eigenvalue weighted by molar-refractivity contribution is 0.405. The van der Waals surface area contributed by atoms with E-state index in [2.05, 4.69) is 52.2 Å². The zero-order valence-electron chi connectivity index (χ0n) is 74.1. The minimum atomic E-state index is -4.34. The number of sulfone groups is 6. The Morgan fingerprint density at radius 2 is 0.507 bits per heavy atom. The van der Waals surface area contributed by atoms with E-state index < -0.39 is 203 Å². The van der Waals surface area contributed by atoms with Crippen molar-refractivity contribution in [1.82, 2.24) is 0 Å². The maximum atomic E-state index is 13.7. The summed E-state index contributed by atoms with van der Waals surface area (Å²) in [6.07, 6.45) is 0. The molecule has 0 amide bonds. The van der Waals surface area contributed by atoms with Crippen LogP contribution in [0.2, 0.25) is 0 Å². The molecule has 0 bridgehead atoms. The van der Waals surface area contributed by atoms with Gasteiger partial charge < -0.3 is 40.7 Å². The Hall–Kier alpha value is -14.3. The van der Waals surface area contributed by atoms with Gasteiger partial charge in [-0.05, 0) is 224 Å². The van der Waals surface area contributed by atoms with E-state index in [9.17, 15) is 123 Å². The second-order valence-electron chi connectivity index (χ2n) is 31.3. The van der Waals surface area contributed by atoms with Crippen molar-refractivity contribution < 1.29 is 135 Å². The molecule has 0 aliphatic carbocycles. The molecule has 744 valence electrons. The third-order valence-corrected chi connectivity index (χ3v) is 32.6. The first kappa shape index (κ1) is 107. The fraction of sp³-hybridized carbons (Fsp3) is 0.0816. The molecular weight excluding hydrogens is 2230 g/mol. The summed E-state index contributed by atoms with van der Waals surface area (Å²) in [5.41, 5.74) is -7.77. The predicted molar refractivity (Wildman–Crippen MR) is 512 cm³/mol. The van der Waals surface area contributed by atoms with E-state index in [0.717, 1.165) is 96.6 Å². The van der Waals surface area contributed by atoms with Crippen LogP contribution in [0.15, 0.2) is 382 Å².